The number of hydrogen-bond acceptors (Lipinski definition) is 8. The quantitative estimate of drug-likeness (QED) is 0.160. The van der Waals surface area contributed by atoms with E-state index in [-0.39, 0.29) is 37.9 Å². The van der Waals surface area contributed by atoms with Crippen molar-refractivity contribution in [2.24, 2.45) is 11.8 Å². The average molecular weight is 569 g/mol. The summed E-state index contributed by atoms with van der Waals surface area (Å²) < 4.78 is 10.1. The van der Waals surface area contributed by atoms with Gasteiger partial charge >= 0.3 is 11.9 Å². The molecule has 0 bridgehead atoms. The highest BCUT2D eigenvalue weighted by Gasteiger charge is 2.42. The molecule has 0 aliphatic carbocycles. The molecule has 40 heavy (non-hydrogen) atoms. The Hall–Kier alpha value is -3.44. The molecule has 0 rings (SSSR count). The van der Waals surface area contributed by atoms with Crippen LogP contribution in [0.3, 0.4) is 0 Å². The third-order valence-corrected chi connectivity index (χ3v) is 6.10. The lowest BCUT2D eigenvalue weighted by Crippen LogP contribution is -2.62. The molecule has 0 aromatic carbocycles. The Morgan fingerprint density at radius 1 is 0.675 bits per heavy atom. The van der Waals surface area contributed by atoms with Crippen molar-refractivity contribution in [3.05, 3.63) is 12.2 Å². The second-order valence-electron chi connectivity index (χ2n) is 11.0. The summed E-state index contributed by atoms with van der Waals surface area (Å²) in [6.07, 6.45) is -0.250. The van der Waals surface area contributed by atoms with Crippen LogP contribution in [-0.4, -0.2) is 71.9 Å². The van der Waals surface area contributed by atoms with Crippen molar-refractivity contribution in [2.45, 2.75) is 105 Å². The number of rotatable bonds is 16. The fourth-order valence-corrected chi connectivity index (χ4v) is 4.26. The second-order valence-corrected chi connectivity index (χ2v) is 11.0. The van der Waals surface area contributed by atoms with Gasteiger partial charge in [-0.2, -0.15) is 0 Å². The van der Waals surface area contributed by atoms with E-state index in [1.165, 1.54) is 27.7 Å². The van der Waals surface area contributed by atoms with Crippen LogP contribution in [0.4, 0.5) is 0 Å². The third-order valence-electron chi connectivity index (χ3n) is 6.10. The molecular weight excluding hydrogens is 520 g/mol. The number of ether oxygens (including phenoxy) is 2. The Labute approximate surface area is 237 Å². The third kappa shape index (κ3) is 11.4. The van der Waals surface area contributed by atoms with E-state index in [0.29, 0.717) is 5.57 Å². The molecule has 12 nitrogen and oxygen atoms in total. The summed E-state index contributed by atoms with van der Waals surface area (Å²) in [4.78, 5) is 75.8. The van der Waals surface area contributed by atoms with Gasteiger partial charge < -0.3 is 30.7 Å². The zero-order valence-electron chi connectivity index (χ0n) is 25.6. The zero-order valence-corrected chi connectivity index (χ0v) is 25.6. The van der Waals surface area contributed by atoms with Gasteiger partial charge in [-0.3, -0.25) is 19.2 Å². The molecule has 0 fully saturated rings. The highest BCUT2D eigenvalue weighted by atomic mass is 16.5. The van der Waals surface area contributed by atoms with Crippen LogP contribution in [0.1, 0.15) is 82.1 Å². The predicted molar refractivity (Wildman–Crippen MR) is 150 cm³/mol. The van der Waals surface area contributed by atoms with E-state index in [4.69, 9.17) is 9.47 Å². The van der Waals surface area contributed by atoms with Crippen LogP contribution in [0.2, 0.25) is 0 Å². The summed E-state index contributed by atoms with van der Waals surface area (Å²) in [5.74, 6) is -4.11. The monoisotopic (exact) mass is 568 g/mol. The first-order valence-electron chi connectivity index (χ1n) is 13.5. The van der Waals surface area contributed by atoms with Crippen LogP contribution < -0.4 is 21.3 Å². The van der Waals surface area contributed by atoms with Gasteiger partial charge in [-0.05, 0) is 39.5 Å². The molecule has 228 valence electrons. The van der Waals surface area contributed by atoms with Gasteiger partial charge in [-0.1, -0.05) is 39.8 Å². The maximum atomic E-state index is 13.4. The summed E-state index contributed by atoms with van der Waals surface area (Å²) in [5.41, 5.74) is -2.77. The lowest BCUT2D eigenvalue weighted by atomic mass is 9.84. The first kappa shape index (κ1) is 36.6. The minimum absolute atomic E-state index is 0.125. The normalized spacial score (nSPS) is 15.5. The molecule has 4 atom stereocenters. The smallest absolute Gasteiger partial charge is 0.328 e. The molecule has 0 aromatic heterocycles. The van der Waals surface area contributed by atoms with Gasteiger partial charge in [0.15, 0.2) is 0 Å². The van der Waals surface area contributed by atoms with Crippen LogP contribution >= 0.6 is 0 Å². The van der Waals surface area contributed by atoms with Crippen molar-refractivity contribution in [2.75, 3.05) is 13.2 Å². The van der Waals surface area contributed by atoms with E-state index in [1.807, 2.05) is 0 Å². The standard InChI is InChI=1S/C28H48N4O8/c1-12-39-23(35)21(16(3)4)29-25(37)27(10,31-19(8)33)14-18(7)15-28(11,32-20(9)34)26(38)30-22(17(5)6)24(36)40-13-2/h16-17,21-22H,7,12-15H2,1-6,8-11H3,(H,29,37)(H,30,38)(H,31,33)(H,32,34)/t21-,22-,27-,28-/m0/s1. The van der Waals surface area contributed by atoms with Crippen molar-refractivity contribution in [1.82, 2.24) is 21.3 Å². The molecule has 0 unspecified atom stereocenters. The van der Waals surface area contributed by atoms with Gasteiger partial charge in [-0.15, -0.1) is 0 Å². The lowest BCUT2D eigenvalue weighted by Gasteiger charge is -2.35. The van der Waals surface area contributed by atoms with Crippen molar-refractivity contribution < 1.29 is 38.2 Å². The molecule has 0 saturated heterocycles. The Kier molecular flexibility index (Phi) is 14.6. The Morgan fingerprint density at radius 3 is 1.20 bits per heavy atom. The van der Waals surface area contributed by atoms with Crippen molar-refractivity contribution in [1.29, 1.82) is 0 Å². The van der Waals surface area contributed by atoms with Gasteiger partial charge in [0.05, 0.1) is 13.2 Å². The van der Waals surface area contributed by atoms with E-state index in [2.05, 4.69) is 27.8 Å². The lowest BCUT2D eigenvalue weighted by molar-refractivity contribution is -0.150. The summed E-state index contributed by atoms with van der Waals surface area (Å²) in [5, 5.41) is 10.6. The highest BCUT2D eigenvalue weighted by molar-refractivity contribution is 5.95. The second kappa shape index (κ2) is 16.0. The number of carbonyl (C=O) groups is 6. The number of carbonyl (C=O) groups excluding carboxylic acids is 6. The molecule has 0 saturated carbocycles. The minimum Gasteiger partial charge on any atom is -0.464 e. The number of esters is 2. The van der Waals surface area contributed by atoms with Crippen molar-refractivity contribution >= 4 is 35.6 Å². The average Bonchev–Trinajstić information content (AvgIpc) is 2.78. The number of hydrogen-bond donors (Lipinski definition) is 4. The van der Waals surface area contributed by atoms with E-state index >= 15 is 0 Å². The number of amides is 4. The van der Waals surface area contributed by atoms with Gasteiger partial charge in [-0.25, -0.2) is 9.59 Å². The van der Waals surface area contributed by atoms with Crippen LogP contribution in [0, 0.1) is 11.8 Å². The molecule has 0 radical (unpaired) electrons. The van der Waals surface area contributed by atoms with Crippen molar-refractivity contribution in [3.8, 4) is 0 Å². The predicted octanol–water partition coefficient (Wildman–Crippen LogP) is 1.52. The summed E-state index contributed by atoms with van der Waals surface area (Å²) in [7, 11) is 0. The van der Waals surface area contributed by atoms with Gasteiger partial charge in [0, 0.05) is 26.7 Å². The van der Waals surface area contributed by atoms with Crippen LogP contribution in [-0.2, 0) is 38.2 Å². The Morgan fingerprint density at radius 2 is 0.975 bits per heavy atom. The van der Waals surface area contributed by atoms with E-state index in [1.54, 1.807) is 41.5 Å². The molecule has 4 N–H and O–H groups in total. The topological polar surface area (TPSA) is 169 Å². The molecule has 0 aromatic rings. The van der Waals surface area contributed by atoms with Crippen LogP contribution in [0.25, 0.3) is 0 Å². The summed E-state index contributed by atoms with van der Waals surface area (Å²) in [6, 6.07) is -1.92. The molecular formula is C28H48N4O8. The van der Waals surface area contributed by atoms with Gasteiger partial charge in [0.2, 0.25) is 23.6 Å². The van der Waals surface area contributed by atoms with Gasteiger partial charge in [0.25, 0.3) is 0 Å². The summed E-state index contributed by atoms with van der Waals surface area (Å²) >= 11 is 0. The number of nitrogens with one attached hydrogen (secondary N) is 4. The van der Waals surface area contributed by atoms with E-state index in [9.17, 15) is 28.8 Å². The molecule has 0 aliphatic rings. The fourth-order valence-electron chi connectivity index (χ4n) is 4.26. The highest BCUT2D eigenvalue weighted by Crippen LogP contribution is 2.25. The Balaban J connectivity index is 6.10. The van der Waals surface area contributed by atoms with E-state index in [0.717, 1.165) is 0 Å². The molecule has 0 spiro atoms. The van der Waals surface area contributed by atoms with Crippen molar-refractivity contribution in [3.63, 3.8) is 0 Å². The largest absolute Gasteiger partial charge is 0.464 e. The van der Waals surface area contributed by atoms with Crippen LogP contribution in [0.15, 0.2) is 12.2 Å². The zero-order chi connectivity index (χ0) is 31.4. The first-order valence-corrected chi connectivity index (χ1v) is 13.5. The molecule has 0 aliphatic heterocycles. The molecule has 0 heterocycles. The molecule has 12 heteroatoms. The molecule has 4 amide bonds. The summed E-state index contributed by atoms with van der Waals surface area (Å²) in [6.45, 7) is 20.0. The maximum absolute atomic E-state index is 13.4. The SMILES string of the molecule is C=C(C[C@](C)(NC(C)=O)C(=O)N[C@H](C(=O)OCC)C(C)C)C[C@](C)(NC(C)=O)C(=O)N[C@H](C(=O)OCC)C(C)C. The minimum atomic E-state index is -1.55. The van der Waals surface area contributed by atoms with Crippen LogP contribution in [0.5, 0.6) is 0 Å². The Bertz CT molecular complexity index is 890. The maximum Gasteiger partial charge on any atom is 0.328 e. The van der Waals surface area contributed by atoms with Gasteiger partial charge in [0.1, 0.15) is 23.2 Å². The first-order chi connectivity index (χ1) is 18.3. The fraction of sp³-hybridized carbons (Fsp3) is 0.714. The van der Waals surface area contributed by atoms with E-state index < -0.39 is 58.7 Å².